The minimum Gasteiger partial charge on any atom is -0.454 e. The van der Waals surface area contributed by atoms with Crippen molar-refractivity contribution in [2.45, 2.75) is 6.54 Å². The standard InChI is InChI=1S/C61H42N2O/c1-3-16-42(17-4-1)43-32-34-44(35-33-43)45-36-38-50(39-37-45)62(49-21-5-2-6-22-49)41-48-18-7-8-23-51(48)46-19-13-20-47(40-46)52-26-14-29-57-60(52)55-25-9-11-28-56(55)63(57)58-30-15-27-54-53-24-10-12-31-59(53)64-61(54)58/h1-40H,41H2. The number of nitrogens with zero attached hydrogens (tertiary/aromatic N) is 2. The highest BCUT2D eigenvalue weighted by Crippen LogP contribution is 2.42. The van der Waals surface area contributed by atoms with E-state index in [-0.39, 0.29) is 0 Å². The van der Waals surface area contributed by atoms with Crippen molar-refractivity contribution in [1.29, 1.82) is 0 Å². The number of furan rings is 1. The van der Waals surface area contributed by atoms with Gasteiger partial charge in [-0.25, -0.2) is 0 Å². The average molecular weight is 819 g/mol. The number of rotatable bonds is 9. The molecule has 0 spiro atoms. The second-order valence-electron chi connectivity index (χ2n) is 16.5. The lowest BCUT2D eigenvalue weighted by molar-refractivity contribution is 0.666. The molecule has 12 rings (SSSR count). The van der Waals surface area contributed by atoms with Crippen LogP contribution in [0.15, 0.2) is 247 Å². The zero-order valence-electron chi connectivity index (χ0n) is 35.1. The third-order valence-corrected chi connectivity index (χ3v) is 12.7. The molecule has 0 atom stereocenters. The first-order chi connectivity index (χ1) is 31.7. The van der Waals surface area contributed by atoms with Crippen molar-refractivity contribution < 1.29 is 4.42 Å². The lowest BCUT2D eigenvalue weighted by Gasteiger charge is -2.27. The van der Waals surface area contributed by atoms with Crippen LogP contribution in [0.25, 0.3) is 93.9 Å². The number of hydrogen-bond acceptors (Lipinski definition) is 2. The van der Waals surface area contributed by atoms with E-state index in [2.05, 4.69) is 246 Å². The Morgan fingerprint density at radius 3 is 1.66 bits per heavy atom. The minimum absolute atomic E-state index is 0.700. The van der Waals surface area contributed by atoms with E-state index in [9.17, 15) is 0 Å². The van der Waals surface area contributed by atoms with Crippen molar-refractivity contribution in [2.24, 2.45) is 0 Å². The lowest BCUT2D eigenvalue weighted by atomic mass is 9.93. The molecule has 0 N–H and O–H groups in total. The summed E-state index contributed by atoms with van der Waals surface area (Å²) in [7, 11) is 0. The number of fused-ring (bicyclic) bond motifs is 6. The van der Waals surface area contributed by atoms with Crippen molar-refractivity contribution in [3.8, 4) is 50.2 Å². The second kappa shape index (κ2) is 15.8. The van der Waals surface area contributed by atoms with E-state index in [0.717, 1.165) is 50.0 Å². The van der Waals surface area contributed by atoms with Crippen molar-refractivity contribution in [3.05, 3.63) is 248 Å². The molecule has 2 heterocycles. The Hall–Kier alpha value is -8.40. The van der Waals surface area contributed by atoms with Gasteiger partial charge in [-0.05, 0) is 105 Å². The van der Waals surface area contributed by atoms with Crippen LogP contribution in [-0.4, -0.2) is 4.57 Å². The highest BCUT2D eigenvalue weighted by atomic mass is 16.3. The van der Waals surface area contributed by atoms with Gasteiger partial charge in [0.05, 0.1) is 16.7 Å². The summed E-state index contributed by atoms with van der Waals surface area (Å²) in [6, 6.07) is 87.3. The molecule has 0 saturated heterocycles. The Labute approximate surface area is 372 Å². The van der Waals surface area contributed by atoms with Gasteiger partial charge in [0.1, 0.15) is 5.58 Å². The zero-order chi connectivity index (χ0) is 42.4. The van der Waals surface area contributed by atoms with E-state index < -0.39 is 0 Å². The van der Waals surface area contributed by atoms with E-state index in [1.165, 1.54) is 60.8 Å². The molecular weight excluding hydrogens is 777 g/mol. The van der Waals surface area contributed by atoms with Gasteiger partial charge in [-0.15, -0.1) is 0 Å². The molecule has 0 amide bonds. The van der Waals surface area contributed by atoms with E-state index in [0.29, 0.717) is 6.54 Å². The summed E-state index contributed by atoms with van der Waals surface area (Å²) in [5.41, 5.74) is 18.3. The van der Waals surface area contributed by atoms with Gasteiger partial charge in [-0.2, -0.15) is 0 Å². The first-order valence-electron chi connectivity index (χ1n) is 22.0. The SMILES string of the molecule is c1ccc(-c2ccc(-c3ccc(N(Cc4ccccc4-c4cccc(-c5cccc6c5c5ccccc5n6-c5cccc6c5oc5ccccc56)c4)c4ccccc4)cc3)cc2)cc1. The van der Waals surface area contributed by atoms with Gasteiger partial charge in [0.2, 0.25) is 0 Å². The normalized spacial score (nSPS) is 11.5. The van der Waals surface area contributed by atoms with E-state index in [1.807, 2.05) is 6.07 Å². The summed E-state index contributed by atoms with van der Waals surface area (Å²) in [5, 5.41) is 4.68. The van der Waals surface area contributed by atoms with Gasteiger partial charge >= 0.3 is 0 Å². The Bertz CT molecular complexity index is 3620. The van der Waals surface area contributed by atoms with Crippen molar-refractivity contribution >= 4 is 55.1 Å². The molecular formula is C61H42N2O. The van der Waals surface area contributed by atoms with Gasteiger partial charge in [0.15, 0.2) is 5.58 Å². The van der Waals surface area contributed by atoms with Crippen molar-refractivity contribution in [1.82, 2.24) is 4.57 Å². The van der Waals surface area contributed by atoms with Crippen LogP contribution < -0.4 is 4.90 Å². The van der Waals surface area contributed by atoms with Gasteiger partial charge in [0.25, 0.3) is 0 Å². The molecule has 0 radical (unpaired) electrons. The van der Waals surface area contributed by atoms with Crippen LogP contribution >= 0.6 is 0 Å². The highest BCUT2D eigenvalue weighted by Gasteiger charge is 2.20. The maximum atomic E-state index is 6.60. The fourth-order valence-corrected chi connectivity index (χ4v) is 9.65. The molecule has 0 aliphatic carbocycles. The summed E-state index contributed by atoms with van der Waals surface area (Å²) < 4.78 is 8.97. The summed E-state index contributed by atoms with van der Waals surface area (Å²) >= 11 is 0. The van der Waals surface area contributed by atoms with Crippen LogP contribution in [0, 0.1) is 0 Å². The topological polar surface area (TPSA) is 21.3 Å². The highest BCUT2D eigenvalue weighted by molar-refractivity contribution is 6.17. The first kappa shape index (κ1) is 37.4. The first-order valence-corrected chi connectivity index (χ1v) is 22.0. The monoisotopic (exact) mass is 818 g/mol. The van der Waals surface area contributed by atoms with Gasteiger partial charge in [-0.1, -0.05) is 188 Å². The second-order valence-corrected chi connectivity index (χ2v) is 16.5. The van der Waals surface area contributed by atoms with Crippen LogP contribution in [0.5, 0.6) is 0 Å². The van der Waals surface area contributed by atoms with Crippen LogP contribution in [-0.2, 0) is 6.54 Å². The molecule has 10 aromatic carbocycles. The third-order valence-electron chi connectivity index (χ3n) is 12.7. The van der Waals surface area contributed by atoms with Gasteiger partial charge in [-0.3, -0.25) is 0 Å². The molecule has 0 fully saturated rings. The lowest BCUT2D eigenvalue weighted by Crippen LogP contribution is -2.17. The summed E-state index contributed by atoms with van der Waals surface area (Å²) in [6.45, 7) is 0.700. The maximum Gasteiger partial charge on any atom is 0.159 e. The molecule has 3 nitrogen and oxygen atoms in total. The third kappa shape index (κ3) is 6.54. The molecule has 64 heavy (non-hydrogen) atoms. The average Bonchev–Trinajstić information content (AvgIpc) is 3.93. The predicted octanol–water partition coefficient (Wildman–Crippen LogP) is 16.7. The van der Waals surface area contributed by atoms with Gasteiger partial charge in [0, 0.05) is 39.5 Å². The molecule has 0 saturated carbocycles. The predicted molar refractivity (Wildman–Crippen MR) is 269 cm³/mol. The molecule has 12 aromatic rings. The molecule has 0 aliphatic rings. The Balaban J connectivity index is 0.914. The molecule has 302 valence electrons. The fraction of sp³-hybridized carbons (Fsp3) is 0.0164. The number of benzene rings is 10. The molecule has 2 aromatic heterocycles. The quantitative estimate of drug-likeness (QED) is 0.145. The summed E-state index contributed by atoms with van der Waals surface area (Å²) in [6.07, 6.45) is 0. The maximum absolute atomic E-state index is 6.60. The Kier molecular flexibility index (Phi) is 9.23. The molecule has 0 bridgehead atoms. The smallest absolute Gasteiger partial charge is 0.159 e. The number of para-hydroxylation sites is 4. The fourth-order valence-electron chi connectivity index (χ4n) is 9.65. The summed E-state index contributed by atoms with van der Waals surface area (Å²) in [4.78, 5) is 2.42. The number of aromatic nitrogens is 1. The van der Waals surface area contributed by atoms with Crippen LogP contribution in [0.2, 0.25) is 0 Å². The largest absolute Gasteiger partial charge is 0.454 e. The van der Waals surface area contributed by atoms with E-state index >= 15 is 0 Å². The number of hydrogen-bond donors (Lipinski definition) is 0. The molecule has 3 heteroatoms. The molecule has 0 aliphatic heterocycles. The molecule has 0 unspecified atom stereocenters. The minimum atomic E-state index is 0.700. The summed E-state index contributed by atoms with van der Waals surface area (Å²) in [5.74, 6) is 0. The Morgan fingerprint density at radius 1 is 0.359 bits per heavy atom. The van der Waals surface area contributed by atoms with Gasteiger partial charge < -0.3 is 13.9 Å². The van der Waals surface area contributed by atoms with Crippen LogP contribution in [0.1, 0.15) is 5.56 Å². The number of anilines is 2. The van der Waals surface area contributed by atoms with Crippen molar-refractivity contribution in [2.75, 3.05) is 4.90 Å². The van der Waals surface area contributed by atoms with E-state index in [1.54, 1.807) is 0 Å². The van der Waals surface area contributed by atoms with Crippen molar-refractivity contribution in [3.63, 3.8) is 0 Å². The van der Waals surface area contributed by atoms with Crippen LogP contribution in [0.4, 0.5) is 11.4 Å². The van der Waals surface area contributed by atoms with Crippen LogP contribution in [0.3, 0.4) is 0 Å². The Morgan fingerprint density at radius 2 is 0.875 bits per heavy atom. The zero-order valence-corrected chi connectivity index (χ0v) is 35.1. The van der Waals surface area contributed by atoms with E-state index in [4.69, 9.17) is 4.42 Å².